The van der Waals surface area contributed by atoms with E-state index in [2.05, 4.69) is 20.2 Å². The van der Waals surface area contributed by atoms with Gasteiger partial charge in [0.15, 0.2) is 11.5 Å². The van der Waals surface area contributed by atoms with Gasteiger partial charge >= 0.3 is 18.3 Å². The minimum atomic E-state index is -4.76. The number of benzene rings is 2. The number of nitrogens with zero attached hydrogens (tertiary/aromatic N) is 7. The summed E-state index contributed by atoms with van der Waals surface area (Å²) in [6, 6.07) is 2.98. The fourth-order valence-corrected chi connectivity index (χ4v) is 6.45. The summed E-state index contributed by atoms with van der Waals surface area (Å²) in [6.07, 6.45) is 0.170. The number of nitrogens with one attached hydrogen (secondary N) is 1. The number of carbonyl (C=O) groups excluding carboxylic acids is 2. The van der Waals surface area contributed by atoms with E-state index in [0.717, 1.165) is 30.1 Å². The van der Waals surface area contributed by atoms with Crippen molar-refractivity contribution in [1.82, 2.24) is 20.0 Å². The molecule has 12 nitrogen and oxygen atoms in total. The summed E-state index contributed by atoms with van der Waals surface area (Å²) in [5, 5.41) is 9.60. The van der Waals surface area contributed by atoms with Crippen LogP contribution in [0.3, 0.4) is 0 Å². The minimum absolute atomic E-state index is 0.00596. The van der Waals surface area contributed by atoms with Crippen LogP contribution in [0.2, 0.25) is 5.02 Å². The van der Waals surface area contributed by atoms with E-state index in [9.17, 15) is 31.5 Å². The third-order valence-corrected chi connectivity index (χ3v) is 8.96. The van der Waals surface area contributed by atoms with Crippen LogP contribution in [-0.4, -0.2) is 70.6 Å². The van der Waals surface area contributed by atoms with Gasteiger partial charge in [-0.25, -0.2) is 19.2 Å². The summed E-state index contributed by atoms with van der Waals surface area (Å²) in [5.74, 6) is -1.88. The number of nitrogens with two attached hydrogens (primary N) is 1. The van der Waals surface area contributed by atoms with Crippen molar-refractivity contribution in [3.05, 3.63) is 70.8 Å². The molecule has 0 radical (unpaired) electrons. The molecule has 0 spiro atoms. The van der Waals surface area contributed by atoms with E-state index in [1.54, 1.807) is 28.5 Å². The molecular formula is C34H34ClF6N9O3. The van der Waals surface area contributed by atoms with Gasteiger partial charge in [-0.3, -0.25) is 14.4 Å². The zero-order valence-corrected chi connectivity index (χ0v) is 29.3. The van der Waals surface area contributed by atoms with Gasteiger partial charge in [-0.2, -0.15) is 37.2 Å². The van der Waals surface area contributed by atoms with Crippen LogP contribution >= 0.6 is 11.6 Å². The third kappa shape index (κ3) is 7.96. The van der Waals surface area contributed by atoms with Gasteiger partial charge in [-0.1, -0.05) is 50.6 Å². The third-order valence-electron chi connectivity index (χ3n) is 8.64. The van der Waals surface area contributed by atoms with Gasteiger partial charge in [0.25, 0.3) is 5.91 Å². The molecule has 19 heteroatoms. The number of carbonyl (C=O) groups is 2. The Morgan fingerprint density at radius 2 is 1.89 bits per heavy atom. The molecule has 6 rings (SSSR count). The van der Waals surface area contributed by atoms with Gasteiger partial charge in [-0.15, -0.1) is 0 Å². The fraction of sp³-hybridized carbons (Fsp3) is 0.412. The minimum Gasteiger partial charge on any atom is -0.447 e. The molecule has 282 valence electrons. The van der Waals surface area contributed by atoms with E-state index in [1.807, 2.05) is 20.8 Å². The van der Waals surface area contributed by atoms with Crippen molar-refractivity contribution in [3.8, 4) is 11.1 Å². The molecule has 3 heterocycles. The predicted octanol–water partition coefficient (Wildman–Crippen LogP) is 6.92. The molecule has 1 fully saturated rings. The maximum absolute atomic E-state index is 16.0. The molecule has 2 aliphatic heterocycles. The Balaban J connectivity index is 1.40. The molecule has 1 aliphatic carbocycles. The van der Waals surface area contributed by atoms with Gasteiger partial charge in [0.2, 0.25) is 0 Å². The number of rotatable bonds is 10. The average Bonchev–Trinajstić information content (AvgIpc) is 3.74. The summed E-state index contributed by atoms with van der Waals surface area (Å²) in [4.78, 5) is 36.2. The second-order valence-electron chi connectivity index (χ2n) is 14.1. The first-order valence-corrected chi connectivity index (χ1v) is 16.7. The lowest BCUT2D eigenvalue weighted by Gasteiger charge is -2.35. The second kappa shape index (κ2) is 13.7. The lowest BCUT2D eigenvalue weighted by Crippen LogP contribution is -2.48. The number of alkyl carbamates (subject to hydrolysis) is 1. The molecule has 3 N–H and O–H groups in total. The number of hydrazone groups is 1. The standard InChI is InChI=1S/C34H34ClF6N9O3/c1-31(2,3)15-32(21-5-8-23(25(36)11-21)20-12-45-48(13-20)22-6-7-22)28(51)49(29(42)47-32)27(14-53-30(52)44-16-33(37,38)39)19-4-9-24(35)26(10-19)50-34(40,41)17-43-18-46-50/h4-5,8-13,17-18,22,27H,6-7,14-16H2,1-3H3,(H2,42,47)(H,44,52)/t27-,32-/m1/s1. The zero-order chi connectivity index (χ0) is 38.5. The van der Waals surface area contributed by atoms with Gasteiger partial charge in [0.1, 0.15) is 25.3 Å². The normalized spacial score (nSPS) is 20.5. The van der Waals surface area contributed by atoms with Crippen molar-refractivity contribution in [3.63, 3.8) is 0 Å². The summed E-state index contributed by atoms with van der Waals surface area (Å²) in [5.41, 5.74) is 4.54. The summed E-state index contributed by atoms with van der Waals surface area (Å²) >= 11 is 6.31. The van der Waals surface area contributed by atoms with Gasteiger partial charge in [0, 0.05) is 17.3 Å². The van der Waals surface area contributed by atoms with Crippen molar-refractivity contribution >= 4 is 47.8 Å². The van der Waals surface area contributed by atoms with Crippen LogP contribution in [0.4, 0.5) is 36.8 Å². The highest BCUT2D eigenvalue weighted by molar-refractivity contribution is 6.33. The van der Waals surface area contributed by atoms with Crippen LogP contribution in [-0.2, 0) is 15.1 Å². The van der Waals surface area contributed by atoms with Crippen LogP contribution in [0.25, 0.3) is 11.1 Å². The van der Waals surface area contributed by atoms with Crippen LogP contribution in [0.5, 0.6) is 0 Å². The number of aromatic nitrogens is 2. The first-order chi connectivity index (χ1) is 24.8. The van der Waals surface area contributed by atoms with Crippen molar-refractivity contribution in [2.24, 2.45) is 26.2 Å². The Labute approximate surface area is 304 Å². The molecule has 53 heavy (non-hydrogen) atoms. The van der Waals surface area contributed by atoms with Gasteiger partial charge in [-0.05, 0) is 54.0 Å². The molecule has 0 bridgehead atoms. The van der Waals surface area contributed by atoms with E-state index < -0.39 is 66.1 Å². The summed E-state index contributed by atoms with van der Waals surface area (Å²) < 4.78 is 91.1. The van der Waals surface area contributed by atoms with Crippen LogP contribution < -0.4 is 16.1 Å². The monoisotopic (exact) mass is 765 g/mol. The Kier molecular flexibility index (Phi) is 9.72. The Morgan fingerprint density at radius 1 is 1.15 bits per heavy atom. The van der Waals surface area contributed by atoms with E-state index in [0.29, 0.717) is 11.8 Å². The molecule has 1 aromatic heterocycles. The number of amides is 2. The molecule has 0 saturated heterocycles. The maximum atomic E-state index is 16.0. The van der Waals surface area contributed by atoms with Gasteiger partial charge in [0.05, 0.1) is 35.2 Å². The first-order valence-electron chi connectivity index (χ1n) is 16.3. The van der Waals surface area contributed by atoms with Crippen LogP contribution in [0.1, 0.15) is 63.2 Å². The quantitative estimate of drug-likeness (QED) is 0.170. The number of alkyl halides is 5. The Hall–Kier alpha value is -5.13. The smallest absolute Gasteiger partial charge is 0.407 e. The number of guanidine groups is 1. The molecule has 2 atom stereocenters. The van der Waals surface area contributed by atoms with Crippen molar-refractivity contribution in [2.75, 3.05) is 18.2 Å². The second-order valence-corrected chi connectivity index (χ2v) is 14.5. The largest absolute Gasteiger partial charge is 0.447 e. The van der Waals surface area contributed by atoms with Crippen molar-refractivity contribution in [2.45, 2.75) is 69.9 Å². The molecular weight excluding hydrogens is 732 g/mol. The number of anilines is 1. The Bertz CT molecular complexity index is 2010. The predicted molar refractivity (Wildman–Crippen MR) is 184 cm³/mol. The SMILES string of the molecule is CC(C)(C)C[C@]1(c2ccc(-c3cnn(C4CC4)c3)c(F)c2)N=C(N)N([C@H](COC(=O)NCC(F)(F)F)c2ccc(Cl)c(N3N=CN=CC3(F)F)c2)C1=O. The van der Waals surface area contributed by atoms with Crippen molar-refractivity contribution in [1.29, 1.82) is 0 Å². The molecule has 3 aliphatic rings. The highest BCUT2D eigenvalue weighted by atomic mass is 35.5. The van der Waals surface area contributed by atoms with Crippen LogP contribution in [0, 0.1) is 11.2 Å². The zero-order valence-electron chi connectivity index (χ0n) is 28.5. The maximum Gasteiger partial charge on any atom is 0.407 e. The number of hydrogen-bond donors (Lipinski definition) is 2. The molecule has 2 aromatic carbocycles. The first kappa shape index (κ1) is 37.6. The lowest BCUT2D eigenvalue weighted by atomic mass is 9.75. The molecule has 3 aromatic rings. The molecule has 1 saturated carbocycles. The van der Waals surface area contributed by atoms with Gasteiger partial charge < -0.3 is 15.8 Å². The summed E-state index contributed by atoms with van der Waals surface area (Å²) in [7, 11) is 0. The number of halogens is 7. The highest BCUT2D eigenvalue weighted by Crippen LogP contribution is 2.46. The van der Waals surface area contributed by atoms with E-state index in [1.165, 1.54) is 24.3 Å². The lowest BCUT2D eigenvalue weighted by molar-refractivity contribution is -0.135. The fourth-order valence-electron chi connectivity index (χ4n) is 6.25. The molecule has 2 amide bonds. The topological polar surface area (TPSA) is 143 Å². The highest BCUT2D eigenvalue weighted by Gasteiger charge is 2.53. The number of ether oxygens (including phenoxy) is 1. The number of hydrogen-bond acceptors (Lipinski definition) is 9. The van der Waals surface area contributed by atoms with E-state index >= 15 is 4.39 Å². The average molecular weight is 766 g/mol. The van der Waals surface area contributed by atoms with Crippen molar-refractivity contribution < 1.29 is 40.7 Å². The van der Waals surface area contributed by atoms with E-state index in [-0.39, 0.29) is 44.9 Å². The summed E-state index contributed by atoms with van der Waals surface area (Å²) in [6.45, 7) is 2.94. The van der Waals surface area contributed by atoms with E-state index in [4.69, 9.17) is 22.1 Å². The van der Waals surface area contributed by atoms with Crippen LogP contribution in [0.15, 0.2) is 63.9 Å². The molecule has 0 unspecified atom stereocenters. The number of aliphatic imine (C=N–C) groups is 2. The Morgan fingerprint density at radius 3 is 2.53 bits per heavy atom.